The van der Waals surface area contributed by atoms with Crippen LogP contribution in [0.2, 0.25) is 0 Å². The first-order valence-corrected chi connectivity index (χ1v) is 11.5. The Morgan fingerprint density at radius 2 is 1.50 bits per heavy atom. The number of hydrogen-bond donors (Lipinski definition) is 0. The van der Waals surface area contributed by atoms with Crippen LogP contribution in [0.15, 0.2) is 12.1 Å². The van der Waals surface area contributed by atoms with E-state index in [9.17, 15) is 9.59 Å². The normalized spacial score (nSPS) is 21.4. The molecule has 3 rings (SSSR count). The third kappa shape index (κ3) is 5.30. The van der Waals surface area contributed by atoms with Crippen molar-refractivity contribution in [3.8, 4) is 17.2 Å². The van der Waals surface area contributed by atoms with Gasteiger partial charge >= 0.3 is 0 Å². The van der Waals surface area contributed by atoms with Gasteiger partial charge < -0.3 is 24.0 Å². The van der Waals surface area contributed by atoms with Crippen LogP contribution in [0, 0.1) is 11.3 Å². The van der Waals surface area contributed by atoms with Gasteiger partial charge in [-0.15, -0.1) is 0 Å². The van der Waals surface area contributed by atoms with Crippen LogP contribution in [-0.2, 0) is 9.59 Å². The second-order valence-corrected chi connectivity index (χ2v) is 10.1. The lowest BCUT2D eigenvalue weighted by molar-refractivity contribution is -0.137. The Labute approximate surface area is 192 Å². The largest absolute Gasteiger partial charge is 0.493 e. The summed E-state index contributed by atoms with van der Waals surface area (Å²) in [5.74, 6) is 1.49. The van der Waals surface area contributed by atoms with Crippen molar-refractivity contribution in [2.75, 3.05) is 47.5 Å². The fourth-order valence-corrected chi connectivity index (χ4v) is 4.83. The second-order valence-electron chi connectivity index (χ2n) is 10.1. The molecule has 0 N–H and O–H groups in total. The molecule has 0 aromatic heterocycles. The van der Waals surface area contributed by atoms with E-state index in [0.29, 0.717) is 36.8 Å². The van der Waals surface area contributed by atoms with Crippen LogP contribution in [0.3, 0.4) is 0 Å². The predicted molar refractivity (Wildman–Crippen MR) is 123 cm³/mol. The van der Waals surface area contributed by atoms with Crippen molar-refractivity contribution >= 4 is 11.8 Å². The van der Waals surface area contributed by atoms with Crippen molar-refractivity contribution in [3.05, 3.63) is 17.7 Å². The molecule has 1 aromatic carbocycles. The van der Waals surface area contributed by atoms with Crippen LogP contribution in [0.5, 0.6) is 17.2 Å². The molecule has 0 unspecified atom stereocenters. The molecule has 0 spiro atoms. The number of rotatable bonds is 6. The molecule has 178 valence electrons. The van der Waals surface area contributed by atoms with E-state index in [1.807, 2.05) is 21.9 Å². The smallest absolute Gasteiger partial charge is 0.228 e. The summed E-state index contributed by atoms with van der Waals surface area (Å²) < 4.78 is 16.6. The summed E-state index contributed by atoms with van der Waals surface area (Å²) in [6, 6.07) is 3.83. The van der Waals surface area contributed by atoms with Crippen molar-refractivity contribution in [1.29, 1.82) is 0 Å². The van der Waals surface area contributed by atoms with Gasteiger partial charge in [0, 0.05) is 38.5 Å². The zero-order valence-electron chi connectivity index (χ0n) is 20.4. The number of methoxy groups -OCH3 is 3. The lowest BCUT2D eigenvalue weighted by Crippen LogP contribution is -2.42. The molecule has 32 heavy (non-hydrogen) atoms. The van der Waals surface area contributed by atoms with E-state index in [1.165, 1.54) is 6.42 Å². The van der Waals surface area contributed by atoms with Gasteiger partial charge in [-0.25, -0.2) is 0 Å². The summed E-state index contributed by atoms with van der Waals surface area (Å²) in [6.07, 6.45) is 3.71. The number of likely N-dealkylation sites (tertiary alicyclic amines) is 2. The molecule has 2 aliphatic rings. The number of ether oxygens (including phenoxy) is 3. The molecule has 2 fully saturated rings. The quantitative estimate of drug-likeness (QED) is 0.667. The number of benzene rings is 1. The van der Waals surface area contributed by atoms with Gasteiger partial charge in [-0.2, -0.15) is 0 Å². The number of amides is 2. The zero-order valence-corrected chi connectivity index (χ0v) is 20.4. The maximum absolute atomic E-state index is 13.6. The van der Waals surface area contributed by atoms with Gasteiger partial charge in [-0.3, -0.25) is 9.59 Å². The minimum atomic E-state index is -0.278. The van der Waals surface area contributed by atoms with Gasteiger partial charge in [0.05, 0.1) is 27.2 Å². The van der Waals surface area contributed by atoms with E-state index in [1.54, 1.807) is 21.3 Å². The molecule has 0 bridgehead atoms. The monoisotopic (exact) mass is 446 g/mol. The molecule has 7 nitrogen and oxygen atoms in total. The Bertz CT molecular complexity index is 801. The van der Waals surface area contributed by atoms with E-state index in [-0.39, 0.29) is 29.1 Å². The Morgan fingerprint density at radius 1 is 0.906 bits per heavy atom. The third-order valence-corrected chi connectivity index (χ3v) is 6.45. The standard InChI is InChI=1S/C25H38N2O5/c1-25(2,3)14-22(28)27-15-18(19(16-27)24(29)26-10-8-7-9-11-26)17-12-20(30-4)23(32-6)21(13-17)31-5/h12-13,18-19H,7-11,14-16H2,1-6H3/t18-,19+/m1/s1. The van der Waals surface area contributed by atoms with Crippen LogP contribution < -0.4 is 14.2 Å². The highest BCUT2D eigenvalue weighted by molar-refractivity contribution is 5.84. The first kappa shape index (κ1) is 24.2. The van der Waals surface area contributed by atoms with Crippen molar-refractivity contribution in [3.63, 3.8) is 0 Å². The lowest BCUT2D eigenvalue weighted by atomic mass is 9.87. The van der Waals surface area contributed by atoms with Crippen molar-refractivity contribution in [1.82, 2.24) is 9.80 Å². The highest BCUT2D eigenvalue weighted by Gasteiger charge is 2.43. The molecule has 2 heterocycles. The van der Waals surface area contributed by atoms with E-state index in [2.05, 4.69) is 20.8 Å². The average Bonchev–Trinajstić information content (AvgIpc) is 3.22. The van der Waals surface area contributed by atoms with Crippen LogP contribution in [0.4, 0.5) is 0 Å². The molecule has 2 amide bonds. The van der Waals surface area contributed by atoms with Crippen molar-refractivity contribution in [2.24, 2.45) is 11.3 Å². The Hall–Kier alpha value is -2.44. The number of carbonyl (C=O) groups is 2. The molecule has 2 atom stereocenters. The molecule has 1 aromatic rings. The van der Waals surface area contributed by atoms with Crippen molar-refractivity contribution in [2.45, 2.75) is 52.4 Å². The summed E-state index contributed by atoms with van der Waals surface area (Å²) in [7, 11) is 4.75. The number of hydrogen-bond acceptors (Lipinski definition) is 5. The fraction of sp³-hybridized carbons (Fsp3) is 0.680. The molecule has 2 aliphatic heterocycles. The van der Waals surface area contributed by atoms with Gasteiger partial charge in [0.25, 0.3) is 0 Å². The molecule has 2 saturated heterocycles. The van der Waals surface area contributed by atoms with E-state index >= 15 is 0 Å². The molecule has 7 heteroatoms. The van der Waals surface area contributed by atoms with Crippen molar-refractivity contribution < 1.29 is 23.8 Å². The minimum absolute atomic E-state index is 0.101. The van der Waals surface area contributed by atoms with Crippen LogP contribution in [-0.4, -0.2) is 69.1 Å². The Kier molecular flexibility index (Phi) is 7.57. The number of nitrogens with zero attached hydrogens (tertiary/aromatic N) is 2. The van der Waals surface area contributed by atoms with Crippen LogP contribution in [0.25, 0.3) is 0 Å². The van der Waals surface area contributed by atoms with E-state index < -0.39 is 0 Å². The van der Waals surface area contributed by atoms with Crippen LogP contribution in [0.1, 0.15) is 57.9 Å². The topological polar surface area (TPSA) is 68.3 Å². The van der Waals surface area contributed by atoms with E-state index in [0.717, 1.165) is 31.5 Å². The van der Waals surface area contributed by atoms with Gasteiger partial charge in [-0.05, 0) is 42.4 Å². The van der Waals surface area contributed by atoms with Gasteiger partial charge in [-0.1, -0.05) is 20.8 Å². The molecule has 0 saturated carbocycles. The lowest BCUT2D eigenvalue weighted by Gasteiger charge is -2.31. The predicted octanol–water partition coefficient (Wildman–Crippen LogP) is 3.70. The average molecular weight is 447 g/mol. The van der Waals surface area contributed by atoms with E-state index in [4.69, 9.17) is 14.2 Å². The molecule has 0 aliphatic carbocycles. The first-order chi connectivity index (χ1) is 15.2. The Balaban J connectivity index is 1.95. The summed E-state index contributed by atoms with van der Waals surface area (Å²) in [5, 5.41) is 0. The highest BCUT2D eigenvalue weighted by atomic mass is 16.5. The van der Waals surface area contributed by atoms with Crippen LogP contribution >= 0.6 is 0 Å². The molecular formula is C25H38N2O5. The Morgan fingerprint density at radius 3 is 2.00 bits per heavy atom. The maximum atomic E-state index is 13.6. The summed E-state index contributed by atoms with van der Waals surface area (Å²) in [5.41, 5.74) is 0.828. The summed E-state index contributed by atoms with van der Waals surface area (Å²) >= 11 is 0. The fourth-order valence-electron chi connectivity index (χ4n) is 4.83. The number of piperidine rings is 1. The summed E-state index contributed by atoms with van der Waals surface area (Å²) in [6.45, 7) is 8.75. The number of carbonyl (C=O) groups excluding carboxylic acids is 2. The van der Waals surface area contributed by atoms with Gasteiger partial charge in [0.15, 0.2) is 11.5 Å². The second kappa shape index (κ2) is 10.0. The van der Waals surface area contributed by atoms with Gasteiger partial charge in [0.2, 0.25) is 17.6 Å². The minimum Gasteiger partial charge on any atom is -0.493 e. The molecule has 0 radical (unpaired) electrons. The SMILES string of the molecule is COc1cc([C@H]2CN(C(=O)CC(C)(C)C)C[C@@H]2C(=O)N2CCCCC2)cc(OC)c1OC. The highest BCUT2D eigenvalue weighted by Crippen LogP contribution is 2.44. The molecular weight excluding hydrogens is 408 g/mol. The third-order valence-electron chi connectivity index (χ3n) is 6.45. The first-order valence-electron chi connectivity index (χ1n) is 11.5. The zero-order chi connectivity index (χ0) is 23.5. The summed E-state index contributed by atoms with van der Waals surface area (Å²) in [4.78, 5) is 30.5. The van der Waals surface area contributed by atoms with Gasteiger partial charge in [0.1, 0.15) is 0 Å². The maximum Gasteiger partial charge on any atom is 0.228 e.